The molecule has 30 heavy (non-hydrogen) atoms. The standard InChI is InChI=1S/C24H28ClFN4/c1-17(5-3-6-18(2)28-15-19-7-4-8-20(26)13-19)22-14-24(29-16-23(22)25)30-21-9-11-27-12-10-21/h3-8,13-14,16,21,27-28H,2,9-12,15H2,1H3,(H,29,30)/b6-3-,17-5+. The van der Waals surface area contributed by atoms with Gasteiger partial charge in [-0.2, -0.15) is 0 Å². The average Bonchev–Trinajstić information content (AvgIpc) is 2.74. The normalized spacial score (nSPS) is 15.4. The van der Waals surface area contributed by atoms with Gasteiger partial charge >= 0.3 is 0 Å². The van der Waals surface area contributed by atoms with Gasteiger partial charge in [-0.15, -0.1) is 0 Å². The number of hydrogen-bond donors (Lipinski definition) is 3. The number of pyridine rings is 1. The Kier molecular flexibility index (Phi) is 8.05. The predicted octanol–water partition coefficient (Wildman–Crippen LogP) is 5.30. The second-order valence-corrected chi connectivity index (χ2v) is 7.84. The van der Waals surface area contributed by atoms with Gasteiger partial charge in [-0.05, 0) is 68.3 Å². The van der Waals surface area contributed by atoms with Crippen molar-refractivity contribution in [3.05, 3.63) is 89.0 Å². The van der Waals surface area contributed by atoms with E-state index < -0.39 is 0 Å². The molecule has 1 aliphatic rings. The van der Waals surface area contributed by atoms with E-state index >= 15 is 0 Å². The summed E-state index contributed by atoms with van der Waals surface area (Å²) < 4.78 is 13.2. The first-order valence-electron chi connectivity index (χ1n) is 10.2. The summed E-state index contributed by atoms with van der Waals surface area (Å²) in [5.41, 5.74) is 3.60. The maximum absolute atomic E-state index is 13.2. The second-order valence-electron chi connectivity index (χ2n) is 7.44. The molecule has 1 saturated heterocycles. The minimum Gasteiger partial charge on any atom is -0.381 e. The van der Waals surface area contributed by atoms with E-state index in [1.807, 2.05) is 37.3 Å². The zero-order valence-corrected chi connectivity index (χ0v) is 18.0. The number of benzene rings is 1. The number of allylic oxidation sites excluding steroid dienone is 4. The molecule has 0 radical (unpaired) electrons. The van der Waals surface area contributed by atoms with Crippen molar-refractivity contribution in [1.29, 1.82) is 0 Å². The lowest BCUT2D eigenvalue weighted by atomic mass is 10.1. The number of aromatic nitrogens is 1. The molecule has 3 rings (SSSR count). The second kappa shape index (κ2) is 11.0. The molecule has 0 bridgehead atoms. The number of hydrogen-bond acceptors (Lipinski definition) is 4. The van der Waals surface area contributed by atoms with Crippen LogP contribution in [0, 0.1) is 5.82 Å². The Morgan fingerprint density at radius 3 is 2.90 bits per heavy atom. The van der Waals surface area contributed by atoms with E-state index in [2.05, 4.69) is 27.5 Å². The fourth-order valence-corrected chi connectivity index (χ4v) is 3.57. The van der Waals surface area contributed by atoms with Crippen molar-refractivity contribution in [2.75, 3.05) is 18.4 Å². The van der Waals surface area contributed by atoms with Gasteiger partial charge < -0.3 is 16.0 Å². The molecule has 0 atom stereocenters. The van der Waals surface area contributed by atoms with Crippen molar-refractivity contribution in [1.82, 2.24) is 15.6 Å². The molecule has 2 aromatic rings. The third-order valence-corrected chi connectivity index (χ3v) is 5.32. The van der Waals surface area contributed by atoms with Crippen LogP contribution in [0.4, 0.5) is 10.2 Å². The fourth-order valence-electron chi connectivity index (χ4n) is 3.32. The zero-order valence-electron chi connectivity index (χ0n) is 17.2. The van der Waals surface area contributed by atoms with Crippen LogP contribution in [0.2, 0.25) is 5.02 Å². The summed E-state index contributed by atoms with van der Waals surface area (Å²) in [4.78, 5) is 4.42. The third-order valence-electron chi connectivity index (χ3n) is 5.02. The van der Waals surface area contributed by atoms with Crippen molar-refractivity contribution in [3.63, 3.8) is 0 Å². The lowest BCUT2D eigenvalue weighted by molar-refractivity contribution is 0.478. The SMILES string of the molecule is C=C(/C=C\C=C(/C)c1cc(NC2CCNCC2)ncc1Cl)NCc1cccc(F)c1. The van der Waals surface area contributed by atoms with Crippen LogP contribution in [0.15, 0.2) is 67.0 Å². The Morgan fingerprint density at radius 1 is 1.33 bits per heavy atom. The minimum absolute atomic E-state index is 0.239. The van der Waals surface area contributed by atoms with Crippen LogP contribution in [-0.2, 0) is 6.54 Å². The molecule has 158 valence electrons. The fraction of sp³-hybridized carbons (Fsp3) is 0.292. The zero-order chi connectivity index (χ0) is 21.3. The monoisotopic (exact) mass is 426 g/mol. The molecule has 1 aliphatic heterocycles. The first-order valence-corrected chi connectivity index (χ1v) is 10.5. The molecule has 1 aromatic carbocycles. The number of piperidine rings is 1. The summed E-state index contributed by atoms with van der Waals surface area (Å²) in [6.07, 6.45) is 9.66. The summed E-state index contributed by atoms with van der Waals surface area (Å²) in [6, 6.07) is 8.95. The number of nitrogens with one attached hydrogen (secondary N) is 3. The van der Waals surface area contributed by atoms with E-state index in [9.17, 15) is 4.39 Å². The molecule has 0 saturated carbocycles. The molecular formula is C24H28ClFN4. The maximum atomic E-state index is 13.2. The summed E-state index contributed by atoms with van der Waals surface area (Å²) in [7, 11) is 0. The van der Waals surface area contributed by atoms with Crippen LogP contribution >= 0.6 is 11.6 Å². The maximum Gasteiger partial charge on any atom is 0.126 e. The summed E-state index contributed by atoms with van der Waals surface area (Å²) >= 11 is 6.38. The molecule has 4 nitrogen and oxygen atoms in total. The Balaban J connectivity index is 1.58. The molecule has 0 amide bonds. The van der Waals surface area contributed by atoms with Gasteiger partial charge in [-0.1, -0.05) is 42.5 Å². The molecule has 1 aromatic heterocycles. The van der Waals surface area contributed by atoms with Gasteiger partial charge in [0.05, 0.1) is 5.02 Å². The van der Waals surface area contributed by atoms with Gasteiger partial charge in [0.2, 0.25) is 0 Å². The average molecular weight is 427 g/mol. The van der Waals surface area contributed by atoms with Gasteiger partial charge in [-0.25, -0.2) is 9.37 Å². The summed E-state index contributed by atoms with van der Waals surface area (Å²) in [5.74, 6) is 0.608. The summed E-state index contributed by atoms with van der Waals surface area (Å²) in [6.45, 7) is 8.58. The topological polar surface area (TPSA) is 49.0 Å². The van der Waals surface area contributed by atoms with E-state index in [1.54, 1.807) is 12.3 Å². The van der Waals surface area contributed by atoms with E-state index in [-0.39, 0.29) is 5.82 Å². The molecule has 6 heteroatoms. The Hall–Kier alpha value is -2.63. The molecule has 0 unspecified atom stereocenters. The Bertz CT molecular complexity index is 933. The van der Waals surface area contributed by atoms with E-state index in [0.717, 1.165) is 54.1 Å². The van der Waals surface area contributed by atoms with E-state index in [4.69, 9.17) is 11.6 Å². The highest BCUT2D eigenvalue weighted by molar-refractivity contribution is 6.32. The van der Waals surface area contributed by atoms with Crippen molar-refractivity contribution in [2.45, 2.75) is 32.4 Å². The van der Waals surface area contributed by atoms with Gasteiger partial charge in [0.25, 0.3) is 0 Å². The van der Waals surface area contributed by atoms with Crippen LogP contribution in [0.5, 0.6) is 0 Å². The van der Waals surface area contributed by atoms with Gasteiger partial charge in [0.1, 0.15) is 11.6 Å². The highest BCUT2D eigenvalue weighted by atomic mass is 35.5. The minimum atomic E-state index is -0.239. The molecule has 3 N–H and O–H groups in total. The van der Waals surface area contributed by atoms with E-state index in [0.29, 0.717) is 17.6 Å². The molecule has 2 heterocycles. The van der Waals surface area contributed by atoms with Crippen molar-refractivity contribution in [3.8, 4) is 0 Å². The number of anilines is 1. The molecular weight excluding hydrogens is 399 g/mol. The quantitative estimate of drug-likeness (QED) is 0.501. The lowest BCUT2D eigenvalue weighted by Crippen LogP contribution is -2.35. The van der Waals surface area contributed by atoms with Gasteiger partial charge in [-0.3, -0.25) is 0 Å². The molecule has 1 fully saturated rings. The lowest BCUT2D eigenvalue weighted by Gasteiger charge is -2.24. The smallest absolute Gasteiger partial charge is 0.126 e. The van der Waals surface area contributed by atoms with Crippen LogP contribution in [0.25, 0.3) is 5.57 Å². The van der Waals surface area contributed by atoms with Crippen molar-refractivity contribution >= 4 is 23.0 Å². The van der Waals surface area contributed by atoms with E-state index in [1.165, 1.54) is 12.1 Å². The predicted molar refractivity (Wildman–Crippen MR) is 124 cm³/mol. The van der Waals surface area contributed by atoms with Crippen LogP contribution in [0.1, 0.15) is 30.9 Å². The summed E-state index contributed by atoms with van der Waals surface area (Å²) in [5, 5.41) is 10.7. The first kappa shape index (κ1) is 22.1. The van der Waals surface area contributed by atoms with Crippen LogP contribution in [0.3, 0.4) is 0 Å². The van der Waals surface area contributed by atoms with Crippen molar-refractivity contribution in [2.24, 2.45) is 0 Å². The first-order chi connectivity index (χ1) is 14.5. The van der Waals surface area contributed by atoms with Gasteiger partial charge in [0.15, 0.2) is 0 Å². The molecule has 0 spiro atoms. The number of nitrogens with zero attached hydrogens (tertiary/aromatic N) is 1. The Morgan fingerprint density at radius 2 is 2.13 bits per heavy atom. The van der Waals surface area contributed by atoms with Crippen LogP contribution < -0.4 is 16.0 Å². The number of halogens is 2. The molecule has 0 aliphatic carbocycles. The van der Waals surface area contributed by atoms with Crippen molar-refractivity contribution < 1.29 is 4.39 Å². The third kappa shape index (κ3) is 6.71. The largest absolute Gasteiger partial charge is 0.381 e. The highest BCUT2D eigenvalue weighted by Gasteiger charge is 2.14. The highest BCUT2D eigenvalue weighted by Crippen LogP contribution is 2.26. The Labute approximate surface area is 182 Å². The number of rotatable bonds is 8. The van der Waals surface area contributed by atoms with Gasteiger partial charge in [0, 0.05) is 30.0 Å². The van der Waals surface area contributed by atoms with Crippen LogP contribution in [-0.4, -0.2) is 24.1 Å².